The van der Waals surface area contributed by atoms with E-state index in [1.165, 1.54) is 26.0 Å². The third kappa shape index (κ3) is 6.71. The first-order chi connectivity index (χ1) is 12.9. The minimum Gasteiger partial charge on any atom is -0.392 e. The molecule has 2 aromatic heterocycles. The van der Waals surface area contributed by atoms with Gasteiger partial charge in [0, 0.05) is 16.3 Å². The van der Waals surface area contributed by atoms with Gasteiger partial charge in [0.15, 0.2) is 0 Å². The van der Waals surface area contributed by atoms with Crippen molar-refractivity contribution < 1.29 is 31.4 Å². The zero-order chi connectivity index (χ0) is 21.5. The summed E-state index contributed by atoms with van der Waals surface area (Å²) in [5.41, 5.74) is 7.51. The summed E-state index contributed by atoms with van der Waals surface area (Å²) < 4.78 is 72.9. The number of rotatable bonds is 3. The average Bonchev–Trinajstić information content (AvgIpc) is 2.59. The quantitative estimate of drug-likeness (QED) is 0.331. The predicted octanol–water partition coefficient (Wildman–Crippen LogP) is 5.12. The summed E-state index contributed by atoms with van der Waals surface area (Å²) in [6, 6.07) is 4.22. The molecule has 2 aromatic rings. The van der Waals surface area contributed by atoms with Crippen LogP contribution in [0.15, 0.2) is 29.4 Å². The van der Waals surface area contributed by atoms with Crippen molar-refractivity contribution in [3.63, 3.8) is 0 Å². The van der Waals surface area contributed by atoms with Crippen LogP contribution >= 0.6 is 0 Å². The highest BCUT2D eigenvalue weighted by Crippen LogP contribution is 2.29. The van der Waals surface area contributed by atoms with Crippen molar-refractivity contribution in [1.82, 2.24) is 9.97 Å². The Morgan fingerprint density at radius 2 is 1.32 bits per heavy atom. The van der Waals surface area contributed by atoms with Crippen LogP contribution < -0.4 is 0 Å². The molecule has 0 saturated heterocycles. The van der Waals surface area contributed by atoms with E-state index in [0.29, 0.717) is 11.1 Å². The minimum absolute atomic E-state index is 0.00741. The largest absolute Gasteiger partial charge is 0.433 e. The Labute approximate surface area is 155 Å². The number of aliphatic hydroxyl groups is 1. The molecule has 0 aromatic carbocycles. The Morgan fingerprint density at radius 1 is 0.893 bits per heavy atom. The molecule has 0 aliphatic carbocycles. The third-order valence-electron chi connectivity index (χ3n) is 3.45. The SMILES string of the molecule is Cc1nc(C(F)(F)F)ccc1CN=[N+]=[N-].Cc1nc(C(F)(F)F)ccc1CO. The van der Waals surface area contributed by atoms with E-state index in [-0.39, 0.29) is 24.5 Å². The Balaban J connectivity index is 0.000000283. The maximum Gasteiger partial charge on any atom is 0.433 e. The van der Waals surface area contributed by atoms with Crippen LogP contribution in [0.3, 0.4) is 0 Å². The number of aryl methyl sites for hydroxylation is 2. The van der Waals surface area contributed by atoms with E-state index in [1.54, 1.807) is 0 Å². The summed E-state index contributed by atoms with van der Waals surface area (Å²) in [6.07, 6.45) is -8.86. The Hall–Kier alpha value is -2.85. The van der Waals surface area contributed by atoms with Gasteiger partial charge < -0.3 is 5.11 Å². The lowest BCUT2D eigenvalue weighted by atomic mass is 10.2. The van der Waals surface area contributed by atoms with E-state index in [4.69, 9.17) is 10.6 Å². The van der Waals surface area contributed by atoms with Crippen LogP contribution in [0, 0.1) is 13.8 Å². The summed E-state index contributed by atoms with van der Waals surface area (Å²) in [4.78, 5) is 9.24. The lowest BCUT2D eigenvalue weighted by Gasteiger charge is -2.08. The van der Waals surface area contributed by atoms with Crippen molar-refractivity contribution in [2.45, 2.75) is 39.4 Å². The van der Waals surface area contributed by atoms with Crippen LogP contribution in [-0.4, -0.2) is 15.1 Å². The molecule has 0 bridgehead atoms. The Morgan fingerprint density at radius 3 is 1.64 bits per heavy atom. The minimum atomic E-state index is -4.44. The number of nitrogens with zero attached hydrogens (tertiary/aromatic N) is 5. The van der Waals surface area contributed by atoms with E-state index < -0.39 is 23.7 Å². The molecule has 0 radical (unpaired) electrons. The molecular formula is C16H15F6N5O. The molecule has 0 atom stereocenters. The molecule has 0 aliphatic heterocycles. The summed E-state index contributed by atoms with van der Waals surface area (Å²) >= 11 is 0. The Kier molecular flexibility index (Phi) is 7.77. The van der Waals surface area contributed by atoms with Gasteiger partial charge in [0.2, 0.25) is 0 Å². The van der Waals surface area contributed by atoms with Crippen molar-refractivity contribution in [3.8, 4) is 0 Å². The van der Waals surface area contributed by atoms with Crippen LogP contribution in [0.1, 0.15) is 33.9 Å². The fourth-order valence-corrected chi connectivity index (χ4v) is 1.94. The molecule has 152 valence electrons. The van der Waals surface area contributed by atoms with Crippen molar-refractivity contribution in [2.75, 3.05) is 0 Å². The summed E-state index contributed by atoms with van der Waals surface area (Å²) in [5, 5.41) is 11.9. The number of hydrogen-bond acceptors (Lipinski definition) is 4. The van der Waals surface area contributed by atoms with E-state index in [9.17, 15) is 26.3 Å². The van der Waals surface area contributed by atoms with Crippen LogP contribution in [0.5, 0.6) is 0 Å². The molecule has 6 nitrogen and oxygen atoms in total. The second kappa shape index (κ2) is 9.38. The number of halogens is 6. The monoisotopic (exact) mass is 407 g/mol. The summed E-state index contributed by atoms with van der Waals surface area (Å²) in [6.45, 7) is 2.59. The number of aromatic nitrogens is 2. The second-order valence-corrected chi connectivity index (χ2v) is 5.42. The van der Waals surface area contributed by atoms with E-state index in [0.717, 1.165) is 12.1 Å². The first-order valence-corrected chi connectivity index (χ1v) is 7.59. The van der Waals surface area contributed by atoms with Gasteiger partial charge in [0.25, 0.3) is 0 Å². The fourth-order valence-electron chi connectivity index (χ4n) is 1.94. The van der Waals surface area contributed by atoms with E-state index >= 15 is 0 Å². The second-order valence-electron chi connectivity index (χ2n) is 5.42. The summed E-state index contributed by atoms with van der Waals surface area (Å²) in [7, 11) is 0. The fraction of sp³-hybridized carbons (Fsp3) is 0.375. The van der Waals surface area contributed by atoms with Crippen molar-refractivity contribution in [2.24, 2.45) is 5.11 Å². The zero-order valence-electron chi connectivity index (χ0n) is 14.7. The van der Waals surface area contributed by atoms with Gasteiger partial charge in [-0.2, -0.15) is 26.3 Å². The molecule has 0 aliphatic rings. The number of aliphatic hydroxyl groups excluding tert-OH is 1. The summed E-state index contributed by atoms with van der Waals surface area (Å²) in [5.74, 6) is 0. The van der Waals surface area contributed by atoms with Gasteiger partial charge in [0.1, 0.15) is 11.4 Å². The van der Waals surface area contributed by atoms with Gasteiger partial charge in [-0.15, -0.1) is 0 Å². The van der Waals surface area contributed by atoms with Gasteiger partial charge in [-0.3, -0.25) is 0 Å². The zero-order valence-corrected chi connectivity index (χ0v) is 14.7. The number of alkyl halides is 6. The maximum atomic E-state index is 12.2. The van der Waals surface area contributed by atoms with Crippen molar-refractivity contribution >= 4 is 0 Å². The lowest BCUT2D eigenvalue weighted by Crippen LogP contribution is -2.09. The first kappa shape index (κ1) is 23.2. The van der Waals surface area contributed by atoms with Crippen LogP contribution in [0.2, 0.25) is 0 Å². The van der Waals surface area contributed by atoms with Gasteiger partial charge in [0.05, 0.1) is 13.2 Å². The molecule has 12 heteroatoms. The van der Waals surface area contributed by atoms with Gasteiger partial charge in [-0.25, -0.2) is 9.97 Å². The number of azide groups is 1. The van der Waals surface area contributed by atoms with Crippen LogP contribution in [0.4, 0.5) is 26.3 Å². The normalized spacial score (nSPS) is 11.3. The van der Waals surface area contributed by atoms with E-state index in [1.807, 2.05) is 0 Å². The van der Waals surface area contributed by atoms with E-state index in [2.05, 4.69) is 20.0 Å². The number of hydrogen-bond donors (Lipinski definition) is 1. The van der Waals surface area contributed by atoms with Crippen molar-refractivity contribution in [1.29, 1.82) is 0 Å². The van der Waals surface area contributed by atoms with Gasteiger partial charge in [-0.05, 0) is 42.6 Å². The van der Waals surface area contributed by atoms with Crippen molar-refractivity contribution in [3.05, 3.63) is 68.6 Å². The molecule has 0 amide bonds. The van der Waals surface area contributed by atoms with Gasteiger partial charge >= 0.3 is 12.4 Å². The highest BCUT2D eigenvalue weighted by Gasteiger charge is 2.33. The third-order valence-corrected chi connectivity index (χ3v) is 3.45. The molecule has 1 N–H and O–H groups in total. The predicted molar refractivity (Wildman–Crippen MR) is 86.7 cm³/mol. The highest BCUT2D eigenvalue weighted by atomic mass is 19.4. The molecule has 0 unspecified atom stereocenters. The molecule has 0 spiro atoms. The smallest absolute Gasteiger partial charge is 0.392 e. The molecule has 2 heterocycles. The van der Waals surface area contributed by atoms with Gasteiger partial charge in [-0.1, -0.05) is 17.2 Å². The Bertz CT molecular complexity index is 860. The number of pyridine rings is 2. The molecule has 0 fully saturated rings. The van der Waals surface area contributed by atoms with Crippen LogP contribution in [0.25, 0.3) is 10.4 Å². The molecule has 2 rings (SSSR count). The maximum absolute atomic E-state index is 12.2. The highest BCUT2D eigenvalue weighted by molar-refractivity contribution is 5.23. The molecule has 0 saturated carbocycles. The average molecular weight is 407 g/mol. The van der Waals surface area contributed by atoms with Crippen LogP contribution in [-0.2, 0) is 25.5 Å². The topological polar surface area (TPSA) is 94.8 Å². The molecular weight excluding hydrogens is 392 g/mol. The molecule has 28 heavy (non-hydrogen) atoms. The lowest BCUT2D eigenvalue weighted by molar-refractivity contribution is -0.142. The first-order valence-electron chi connectivity index (χ1n) is 7.59. The standard InChI is InChI=1S/C8H7F3N4.C8H8F3NO/c1-5-6(4-13-15-12)2-3-7(14-5)8(9,10)11;1-5-6(4-13)2-3-7(12-5)8(9,10)11/h2-3H,4H2,1H3;2-3,13H,4H2,1H3.